The molecule has 2 heterocycles. The molecule has 27 heavy (non-hydrogen) atoms. The number of hydrogen-bond acceptors (Lipinski definition) is 4. The summed E-state index contributed by atoms with van der Waals surface area (Å²) in [6.07, 6.45) is 0.237. The zero-order valence-corrected chi connectivity index (χ0v) is 15.8. The lowest BCUT2D eigenvalue weighted by Gasteiger charge is -2.18. The Labute approximate surface area is 164 Å². The zero-order valence-electron chi connectivity index (χ0n) is 14.2. The molecule has 138 valence electrons. The molecular formula is C19H14Cl2FN3O2. The van der Waals surface area contributed by atoms with Gasteiger partial charge in [0.15, 0.2) is 0 Å². The van der Waals surface area contributed by atoms with E-state index < -0.39 is 5.82 Å². The van der Waals surface area contributed by atoms with Gasteiger partial charge in [-0.05, 0) is 42.8 Å². The predicted octanol–water partition coefficient (Wildman–Crippen LogP) is 5.01. The van der Waals surface area contributed by atoms with Crippen molar-refractivity contribution in [3.05, 3.63) is 63.7 Å². The van der Waals surface area contributed by atoms with Gasteiger partial charge in [0.05, 0.1) is 21.7 Å². The van der Waals surface area contributed by atoms with E-state index in [1.165, 1.54) is 12.1 Å². The van der Waals surface area contributed by atoms with Crippen LogP contribution in [0.4, 0.5) is 10.1 Å². The van der Waals surface area contributed by atoms with Crippen LogP contribution in [-0.4, -0.2) is 22.6 Å². The fraction of sp³-hybridized carbons (Fsp3) is 0.211. The maximum absolute atomic E-state index is 13.6. The first-order valence-corrected chi connectivity index (χ1v) is 9.03. The van der Waals surface area contributed by atoms with Crippen LogP contribution in [-0.2, 0) is 4.79 Å². The molecule has 1 aliphatic rings. The minimum Gasteiger partial charge on any atom is -0.339 e. The van der Waals surface area contributed by atoms with Crippen LogP contribution in [0.25, 0.3) is 11.4 Å². The maximum atomic E-state index is 13.6. The van der Waals surface area contributed by atoms with Gasteiger partial charge < -0.3 is 9.42 Å². The molecule has 1 amide bonds. The molecule has 0 radical (unpaired) electrons. The Bertz CT molecular complexity index is 1040. The number of anilines is 1. The highest BCUT2D eigenvalue weighted by atomic mass is 35.5. The second-order valence-corrected chi connectivity index (χ2v) is 7.26. The molecule has 1 aromatic heterocycles. The van der Waals surface area contributed by atoms with Gasteiger partial charge in [0.1, 0.15) is 5.82 Å². The highest BCUT2D eigenvalue weighted by Crippen LogP contribution is 2.35. The maximum Gasteiger partial charge on any atom is 0.232 e. The number of hydrogen-bond donors (Lipinski definition) is 0. The van der Waals surface area contributed by atoms with Crippen LogP contribution in [0.3, 0.4) is 0 Å². The topological polar surface area (TPSA) is 59.2 Å². The quantitative estimate of drug-likeness (QED) is 0.614. The summed E-state index contributed by atoms with van der Waals surface area (Å²) in [4.78, 5) is 18.4. The number of amides is 1. The van der Waals surface area contributed by atoms with E-state index in [0.29, 0.717) is 28.7 Å². The molecular weight excluding hydrogens is 392 g/mol. The van der Waals surface area contributed by atoms with E-state index in [1.807, 2.05) is 25.1 Å². The van der Waals surface area contributed by atoms with Crippen LogP contribution in [0.5, 0.6) is 0 Å². The van der Waals surface area contributed by atoms with E-state index in [2.05, 4.69) is 10.1 Å². The van der Waals surface area contributed by atoms with Crippen molar-refractivity contribution >= 4 is 34.8 Å². The molecule has 0 N–H and O–H groups in total. The largest absolute Gasteiger partial charge is 0.339 e. The van der Waals surface area contributed by atoms with E-state index in [0.717, 1.165) is 5.56 Å². The first-order valence-electron chi connectivity index (χ1n) is 8.28. The summed E-state index contributed by atoms with van der Waals surface area (Å²) in [6, 6.07) is 9.84. The van der Waals surface area contributed by atoms with Crippen LogP contribution in [0.15, 0.2) is 40.9 Å². The van der Waals surface area contributed by atoms with Crippen molar-refractivity contribution in [1.29, 1.82) is 0 Å². The molecule has 1 saturated heterocycles. The third-order valence-corrected chi connectivity index (χ3v) is 5.10. The van der Waals surface area contributed by atoms with Crippen LogP contribution in [0.2, 0.25) is 10.0 Å². The minimum atomic E-state index is -0.559. The van der Waals surface area contributed by atoms with E-state index >= 15 is 0 Å². The van der Waals surface area contributed by atoms with Crippen LogP contribution in [0, 0.1) is 12.7 Å². The standard InChI is InChI=1S/C19H14Cl2FN3O2/c1-10-2-5-16(14(21)6-10)25-9-12(8-17(25)26)19-23-18(24-27-19)11-3-4-13(20)15(22)7-11/h2-7,12H,8-9H2,1H3. The number of carbonyl (C=O) groups excluding carboxylic acids is 1. The average molecular weight is 406 g/mol. The fourth-order valence-corrected chi connectivity index (χ4v) is 3.54. The SMILES string of the molecule is Cc1ccc(N2CC(c3nc(-c4ccc(Cl)c(F)c4)no3)CC2=O)c(Cl)c1. The van der Waals surface area contributed by atoms with Gasteiger partial charge in [-0.2, -0.15) is 4.98 Å². The van der Waals surface area contributed by atoms with E-state index in [9.17, 15) is 9.18 Å². The van der Waals surface area contributed by atoms with Crippen LogP contribution < -0.4 is 4.90 Å². The van der Waals surface area contributed by atoms with Crippen molar-refractivity contribution in [3.63, 3.8) is 0 Å². The van der Waals surface area contributed by atoms with Gasteiger partial charge in [0.25, 0.3) is 0 Å². The van der Waals surface area contributed by atoms with Gasteiger partial charge in [-0.25, -0.2) is 4.39 Å². The highest BCUT2D eigenvalue weighted by molar-refractivity contribution is 6.34. The van der Waals surface area contributed by atoms with Gasteiger partial charge >= 0.3 is 0 Å². The fourth-order valence-electron chi connectivity index (χ4n) is 3.09. The van der Waals surface area contributed by atoms with E-state index in [-0.39, 0.29) is 29.1 Å². The summed E-state index contributed by atoms with van der Waals surface area (Å²) in [6.45, 7) is 2.32. The van der Waals surface area contributed by atoms with E-state index in [1.54, 1.807) is 11.0 Å². The summed E-state index contributed by atoms with van der Waals surface area (Å²) in [5, 5.41) is 4.44. The molecule has 3 aromatic rings. The summed E-state index contributed by atoms with van der Waals surface area (Å²) in [7, 11) is 0. The number of aromatic nitrogens is 2. The first kappa shape index (κ1) is 17.9. The molecule has 4 rings (SSSR count). The Hall–Kier alpha value is -2.44. The van der Waals surface area contributed by atoms with Crippen LogP contribution >= 0.6 is 23.2 Å². The number of aryl methyl sites for hydroxylation is 1. The van der Waals surface area contributed by atoms with Crippen molar-refractivity contribution in [3.8, 4) is 11.4 Å². The van der Waals surface area contributed by atoms with Gasteiger partial charge in [0.2, 0.25) is 17.6 Å². The molecule has 2 aromatic carbocycles. The Balaban J connectivity index is 1.57. The van der Waals surface area contributed by atoms with Crippen LogP contribution in [0.1, 0.15) is 23.8 Å². The first-order chi connectivity index (χ1) is 12.9. The normalized spacial score (nSPS) is 17.0. The third-order valence-electron chi connectivity index (χ3n) is 4.49. The number of carbonyl (C=O) groups is 1. The Morgan fingerprint density at radius 2 is 2.00 bits per heavy atom. The lowest BCUT2D eigenvalue weighted by Crippen LogP contribution is -2.24. The van der Waals surface area contributed by atoms with Crippen molar-refractivity contribution in [1.82, 2.24) is 10.1 Å². The lowest BCUT2D eigenvalue weighted by atomic mass is 10.1. The molecule has 1 atom stereocenters. The minimum absolute atomic E-state index is 0.0227. The van der Waals surface area contributed by atoms with Gasteiger partial charge in [-0.3, -0.25) is 4.79 Å². The van der Waals surface area contributed by atoms with Crippen molar-refractivity contribution in [2.24, 2.45) is 0 Å². The second kappa shape index (κ2) is 6.94. The summed E-state index contributed by atoms with van der Waals surface area (Å²) in [5.41, 5.74) is 2.13. The average Bonchev–Trinajstić information content (AvgIpc) is 3.25. The molecule has 0 saturated carbocycles. The molecule has 1 unspecified atom stereocenters. The Kier molecular flexibility index (Phi) is 4.61. The summed E-state index contributed by atoms with van der Waals surface area (Å²) < 4.78 is 19.0. The number of nitrogens with zero attached hydrogens (tertiary/aromatic N) is 3. The molecule has 1 fully saturated rings. The highest BCUT2D eigenvalue weighted by Gasteiger charge is 2.36. The van der Waals surface area contributed by atoms with Gasteiger partial charge in [-0.1, -0.05) is 34.4 Å². The second-order valence-electron chi connectivity index (χ2n) is 6.45. The monoisotopic (exact) mass is 405 g/mol. The molecule has 1 aliphatic heterocycles. The number of halogens is 3. The number of benzene rings is 2. The van der Waals surface area contributed by atoms with Crippen molar-refractivity contribution in [2.75, 3.05) is 11.4 Å². The summed E-state index contributed by atoms with van der Waals surface area (Å²) >= 11 is 12.0. The molecule has 0 aliphatic carbocycles. The van der Waals surface area contributed by atoms with Crippen molar-refractivity contribution < 1.29 is 13.7 Å². The molecule has 0 bridgehead atoms. The third kappa shape index (κ3) is 3.42. The molecule has 8 heteroatoms. The van der Waals surface area contributed by atoms with Crippen molar-refractivity contribution in [2.45, 2.75) is 19.3 Å². The zero-order chi connectivity index (χ0) is 19.1. The Morgan fingerprint density at radius 1 is 1.19 bits per heavy atom. The molecule has 5 nitrogen and oxygen atoms in total. The Morgan fingerprint density at radius 3 is 2.74 bits per heavy atom. The molecule has 0 spiro atoms. The van der Waals surface area contributed by atoms with Gasteiger partial charge in [-0.15, -0.1) is 0 Å². The summed E-state index contributed by atoms with van der Waals surface area (Å²) in [5.74, 6) is -0.299. The van der Waals surface area contributed by atoms with E-state index in [4.69, 9.17) is 27.7 Å². The smallest absolute Gasteiger partial charge is 0.232 e. The number of rotatable bonds is 3. The predicted molar refractivity (Wildman–Crippen MR) is 101 cm³/mol. The lowest BCUT2D eigenvalue weighted by molar-refractivity contribution is -0.117. The van der Waals surface area contributed by atoms with Gasteiger partial charge in [0, 0.05) is 18.5 Å².